The van der Waals surface area contributed by atoms with Crippen LogP contribution in [0.2, 0.25) is 5.02 Å². The third kappa shape index (κ3) is 3.02. The van der Waals surface area contributed by atoms with E-state index in [1.54, 1.807) is 12.4 Å². The van der Waals surface area contributed by atoms with Gasteiger partial charge in [0.05, 0.1) is 5.02 Å². The van der Waals surface area contributed by atoms with Gasteiger partial charge in [-0.1, -0.05) is 23.4 Å². The number of rotatable bonds is 1. The second-order valence-electron chi connectivity index (χ2n) is 2.61. The Hall–Kier alpha value is -1.45. The van der Waals surface area contributed by atoms with Crippen LogP contribution in [-0.4, -0.2) is 16.5 Å². The molecule has 0 spiro atoms. The third-order valence-electron chi connectivity index (χ3n) is 1.60. The maximum Gasteiger partial charge on any atom is 0.183 e. The van der Waals surface area contributed by atoms with Crippen molar-refractivity contribution in [2.24, 2.45) is 4.99 Å². The molecule has 0 saturated carbocycles. The van der Waals surface area contributed by atoms with Gasteiger partial charge in [0, 0.05) is 12.1 Å². The molecular formula is C9H7ClFN3OS. The number of nitriles is 1. The Kier molecular flexibility index (Phi) is 4.40. The number of benzene rings is 1. The van der Waals surface area contributed by atoms with Gasteiger partial charge in [-0.15, -0.1) is 0 Å². The van der Waals surface area contributed by atoms with Gasteiger partial charge in [0.25, 0.3) is 0 Å². The predicted molar refractivity (Wildman–Crippen MR) is 62.4 cm³/mol. The number of nitrogens with zero attached hydrogens (tertiary/aromatic N) is 2. The van der Waals surface area contributed by atoms with Gasteiger partial charge in [-0.3, -0.25) is 5.32 Å². The van der Waals surface area contributed by atoms with Gasteiger partial charge in [-0.05, 0) is 6.26 Å². The first-order valence-electron chi connectivity index (χ1n) is 4.04. The Bertz CT molecular complexity index is 473. The molecule has 1 aromatic rings. The number of phenols is 1. The monoisotopic (exact) mass is 259 g/mol. The topological polar surface area (TPSA) is 68.4 Å². The fraction of sp³-hybridized carbons (Fsp3) is 0.111. The van der Waals surface area contributed by atoms with E-state index in [-0.39, 0.29) is 21.6 Å². The van der Waals surface area contributed by atoms with Crippen LogP contribution in [0.4, 0.5) is 10.1 Å². The van der Waals surface area contributed by atoms with Crippen LogP contribution in [0.1, 0.15) is 0 Å². The molecule has 1 rings (SSSR count). The maximum absolute atomic E-state index is 13.1. The highest BCUT2D eigenvalue weighted by atomic mass is 35.5. The van der Waals surface area contributed by atoms with E-state index < -0.39 is 5.82 Å². The molecule has 4 nitrogen and oxygen atoms in total. The molecule has 84 valence electrons. The third-order valence-corrected chi connectivity index (χ3v) is 2.47. The van der Waals surface area contributed by atoms with Gasteiger partial charge in [-0.2, -0.15) is 5.26 Å². The van der Waals surface area contributed by atoms with Gasteiger partial charge < -0.3 is 5.11 Å². The standard InChI is InChI=1S/C9H7ClFN3OS/c1-16-9(13-4-12)14-7-3-6(11)5(10)2-8(7)15/h2-3,15H,1H3,(H,13,14). The largest absolute Gasteiger partial charge is 0.506 e. The van der Waals surface area contributed by atoms with E-state index >= 15 is 0 Å². The number of aromatic hydroxyl groups is 1. The highest BCUT2D eigenvalue weighted by molar-refractivity contribution is 8.13. The van der Waals surface area contributed by atoms with Gasteiger partial charge in [0.15, 0.2) is 11.4 Å². The molecule has 0 aliphatic carbocycles. The molecule has 0 bridgehead atoms. The summed E-state index contributed by atoms with van der Waals surface area (Å²) >= 11 is 6.62. The molecule has 0 aromatic heterocycles. The molecular weight excluding hydrogens is 253 g/mol. The van der Waals surface area contributed by atoms with E-state index in [1.807, 2.05) is 0 Å². The van der Waals surface area contributed by atoms with Crippen LogP contribution in [0.15, 0.2) is 17.1 Å². The number of phenolic OH excluding ortho intramolecular Hbond substituents is 1. The van der Waals surface area contributed by atoms with E-state index in [0.717, 1.165) is 23.9 Å². The second kappa shape index (κ2) is 5.58. The van der Waals surface area contributed by atoms with Gasteiger partial charge in [0.1, 0.15) is 17.3 Å². The van der Waals surface area contributed by atoms with Crippen molar-refractivity contribution < 1.29 is 9.50 Å². The first-order valence-corrected chi connectivity index (χ1v) is 5.64. The van der Waals surface area contributed by atoms with Crippen molar-refractivity contribution in [3.05, 3.63) is 23.0 Å². The molecule has 0 atom stereocenters. The maximum atomic E-state index is 13.1. The Balaban J connectivity index is 3.14. The summed E-state index contributed by atoms with van der Waals surface area (Å²) in [4.78, 5) is 3.87. The minimum atomic E-state index is -0.685. The van der Waals surface area contributed by atoms with Gasteiger partial charge in [0.2, 0.25) is 0 Å². The molecule has 0 saturated heterocycles. The minimum Gasteiger partial charge on any atom is -0.506 e. The van der Waals surface area contributed by atoms with Crippen molar-refractivity contribution in [3.63, 3.8) is 0 Å². The smallest absolute Gasteiger partial charge is 0.183 e. The van der Waals surface area contributed by atoms with E-state index in [1.165, 1.54) is 0 Å². The van der Waals surface area contributed by atoms with E-state index in [2.05, 4.69) is 10.3 Å². The van der Waals surface area contributed by atoms with Crippen LogP contribution in [0.25, 0.3) is 0 Å². The fourth-order valence-electron chi connectivity index (χ4n) is 0.897. The number of thioether (sulfide) groups is 1. The lowest BCUT2D eigenvalue weighted by molar-refractivity contribution is 0.475. The van der Waals surface area contributed by atoms with Crippen LogP contribution in [0.5, 0.6) is 5.75 Å². The normalized spacial score (nSPS) is 11.0. The summed E-state index contributed by atoms with van der Waals surface area (Å²) in [6.07, 6.45) is 3.37. The van der Waals surface area contributed by atoms with Gasteiger partial charge in [-0.25, -0.2) is 9.38 Å². The molecule has 16 heavy (non-hydrogen) atoms. The summed E-state index contributed by atoms with van der Waals surface area (Å²) in [7, 11) is 0. The molecule has 7 heteroatoms. The highest BCUT2D eigenvalue weighted by Crippen LogP contribution is 2.32. The average Bonchev–Trinajstić information content (AvgIpc) is 2.25. The summed E-state index contributed by atoms with van der Waals surface area (Å²) in [6, 6.07) is 2.05. The zero-order chi connectivity index (χ0) is 12.1. The van der Waals surface area contributed by atoms with Crippen molar-refractivity contribution in [1.29, 1.82) is 5.26 Å². The number of nitrogens with one attached hydrogen (secondary N) is 1. The second-order valence-corrected chi connectivity index (χ2v) is 3.82. The molecule has 0 aliphatic heterocycles. The zero-order valence-electron chi connectivity index (χ0n) is 8.16. The highest BCUT2D eigenvalue weighted by Gasteiger charge is 2.08. The number of halogens is 2. The van der Waals surface area contributed by atoms with Crippen LogP contribution < -0.4 is 5.32 Å². The van der Waals surface area contributed by atoms with Crippen LogP contribution >= 0.6 is 23.4 Å². The molecule has 0 heterocycles. The fourth-order valence-corrected chi connectivity index (χ4v) is 1.39. The number of hydrogen-bond acceptors (Lipinski definition) is 4. The number of aliphatic imine (C=N–C) groups is 1. The SMILES string of the molecule is CSC(=Nc1cc(F)c(Cl)cc1O)NC#N. The summed E-state index contributed by atoms with van der Waals surface area (Å²) in [6.45, 7) is 0. The number of amidine groups is 1. The van der Waals surface area contributed by atoms with Crippen LogP contribution in [-0.2, 0) is 0 Å². The average molecular weight is 260 g/mol. The van der Waals surface area contributed by atoms with E-state index in [9.17, 15) is 9.50 Å². The molecule has 0 unspecified atom stereocenters. The van der Waals surface area contributed by atoms with E-state index in [4.69, 9.17) is 16.9 Å². The van der Waals surface area contributed by atoms with Crippen molar-refractivity contribution in [3.8, 4) is 11.9 Å². The van der Waals surface area contributed by atoms with Crippen LogP contribution in [0.3, 0.4) is 0 Å². The van der Waals surface area contributed by atoms with Crippen molar-refractivity contribution in [1.82, 2.24) is 5.32 Å². The summed E-state index contributed by atoms with van der Waals surface area (Å²) in [5, 5.41) is 20.2. The zero-order valence-corrected chi connectivity index (χ0v) is 9.73. The molecule has 0 radical (unpaired) electrons. The predicted octanol–water partition coefficient (Wildman–Crippen LogP) is 2.61. The number of hydrogen-bond donors (Lipinski definition) is 2. The molecule has 0 amide bonds. The van der Waals surface area contributed by atoms with E-state index in [0.29, 0.717) is 0 Å². The lowest BCUT2D eigenvalue weighted by atomic mass is 10.3. The Morgan fingerprint density at radius 3 is 2.94 bits per heavy atom. The molecule has 0 fully saturated rings. The Labute approximate surface area is 101 Å². The molecule has 1 aromatic carbocycles. The van der Waals surface area contributed by atoms with Crippen molar-refractivity contribution in [2.45, 2.75) is 0 Å². The summed E-state index contributed by atoms with van der Waals surface area (Å²) in [5.41, 5.74) is 0.00833. The first kappa shape index (κ1) is 12.6. The quantitative estimate of drug-likeness (QED) is 0.352. The summed E-state index contributed by atoms with van der Waals surface area (Å²) < 4.78 is 13.1. The Morgan fingerprint density at radius 2 is 2.38 bits per heavy atom. The summed E-state index contributed by atoms with van der Waals surface area (Å²) in [5.74, 6) is -0.937. The lowest BCUT2D eigenvalue weighted by Gasteiger charge is -2.03. The Morgan fingerprint density at radius 1 is 1.69 bits per heavy atom. The van der Waals surface area contributed by atoms with Crippen molar-refractivity contribution in [2.75, 3.05) is 6.26 Å². The lowest BCUT2D eigenvalue weighted by Crippen LogP contribution is -2.12. The minimum absolute atomic E-state index is 0.00833. The first-order chi connectivity index (χ1) is 7.58. The van der Waals surface area contributed by atoms with Gasteiger partial charge >= 0.3 is 0 Å². The molecule has 0 aliphatic rings. The van der Waals surface area contributed by atoms with Crippen LogP contribution in [0, 0.1) is 17.3 Å². The van der Waals surface area contributed by atoms with Crippen molar-refractivity contribution >= 4 is 34.2 Å². The molecule has 2 N–H and O–H groups in total.